The van der Waals surface area contributed by atoms with Crippen LogP contribution in [-0.4, -0.2) is 64.5 Å². The molecule has 1 atom stereocenters. The van der Waals surface area contributed by atoms with E-state index in [0.29, 0.717) is 5.91 Å². The molecule has 2 saturated heterocycles. The zero-order valence-corrected chi connectivity index (χ0v) is 23.5. The van der Waals surface area contributed by atoms with E-state index < -0.39 is 0 Å². The number of hydrogen-bond acceptors (Lipinski definition) is 4. The van der Waals surface area contributed by atoms with Crippen molar-refractivity contribution in [3.05, 3.63) is 88.7 Å². The molecule has 1 amide bonds. The molecule has 0 saturated carbocycles. The summed E-state index contributed by atoms with van der Waals surface area (Å²) in [6, 6.07) is 25.3. The molecule has 4 aromatic rings. The molecular weight excluding hydrogens is 538 g/mol. The van der Waals surface area contributed by atoms with Crippen molar-refractivity contribution < 1.29 is 4.79 Å². The van der Waals surface area contributed by atoms with Crippen molar-refractivity contribution in [1.29, 1.82) is 0 Å². The van der Waals surface area contributed by atoms with Crippen molar-refractivity contribution in [2.24, 2.45) is 5.92 Å². The minimum Gasteiger partial charge on any atom is -0.368 e. The van der Waals surface area contributed by atoms with E-state index in [1.54, 1.807) is 0 Å². The molecule has 38 heavy (non-hydrogen) atoms. The third kappa shape index (κ3) is 5.22. The second-order valence-electron chi connectivity index (χ2n) is 10.6. The van der Waals surface area contributed by atoms with E-state index in [2.05, 4.69) is 103 Å². The maximum Gasteiger partial charge on any atom is 0.227 e. The van der Waals surface area contributed by atoms with E-state index in [1.165, 1.54) is 11.3 Å². The Bertz CT molecular complexity index is 1440. The molecule has 1 aromatic heterocycles. The fraction of sp³-hybridized carbons (Fsp3) is 0.355. The van der Waals surface area contributed by atoms with Crippen molar-refractivity contribution in [2.45, 2.75) is 26.3 Å². The van der Waals surface area contributed by atoms with Gasteiger partial charge < -0.3 is 9.80 Å². The second kappa shape index (κ2) is 10.9. The summed E-state index contributed by atoms with van der Waals surface area (Å²) in [4.78, 5) is 25.5. The molecule has 6 rings (SSSR count). The smallest absolute Gasteiger partial charge is 0.227 e. The summed E-state index contributed by atoms with van der Waals surface area (Å²) in [5, 5.41) is 0. The average molecular weight is 573 g/mol. The molecule has 2 aliphatic rings. The maximum atomic E-state index is 13.6. The van der Waals surface area contributed by atoms with Crippen molar-refractivity contribution in [3.8, 4) is 5.69 Å². The van der Waals surface area contributed by atoms with Crippen molar-refractivity contribution >= 4 is 38.6 Å². The molecular formula is C31H34BrN5O. The van der Waals surface area contributed by atoms with E-state index in [0.717, 1.165) is 85.7 Å². The van der Waals surface area contributed by atoms with Gasteiger partial charge in [0.2, 0.25) is 5.91 Å². The van der Waals surface area contributed by atoms with E-state index >= 15 is 0 Å². The molecule has 0 aliphatic carbocycles. The minimum atomic E-state index is 0.0537. The topological polar surface area (TPSA) is 44.6 Å². The van der Waals surface area contributed by atoms with Crippen LogP contribution in [0.1, 0.15) is 24.2 Å². The standard InChI is InChI=1S/C31H34BrN5O/c1-23-7-4-10-26(19-23)35-15-17-36(18-16-35)31(38)24-8-6-14-34(21-24)22-30-33-28-12-2-3-13-29(28)37(30)27-11-5-9-25(32)20-27/h2-5,7,9-13,19-20,24H,6,8,14-18,21-22H2,1H3/t24-/m0/s1. The third-order valence-electron chi connectivity index (χ3n) is 7.87. The molecule has 0 N–H and O–H groups in total. The highest BCUT2D eigenvalue weighted by atomic mass is 79.9. The molecule has 0 bridgehead atoms. The summed E-state index contributed by atoms with van der Waals surface area (Å²) in [6.45, 7) is 8.01. The predicted octanol–water partition coefficient (Wildman–Crippen LogP) is 5.66. The number of carbonyl (C=O) groups is 1. The zero-order chi connectivity index (χ0) is 26.1. The molecule has 6 nitrogen and oxygen atoms in total. The SMILES string of the molecule is Cc1cccc(N2CCN(C(=O)[C@H]3CCCN(Cc4nc5ccccc5n4-c4cccc(Br)c4)C3)CC2)c1. The number of aryl methyl sites for hydroxylation is 1. The first-order valence-electron chi connectivity index (χ1n) is 13.6. The number of piperidine rings is 1. The number of nitrogens with zero attached hydrogens (tertiary/aromatic N) is 5. The average Bonchev–Trinajstić information content (AvgIpc) is 3.30. The molecule has 0 radical (unpaired) electrons. The number of carbonyl (C=O) groups excluding carboxylic acids is 1. The van der Waals surface area contributed by atoms with Gasteiger partial charge in [0.1, 0.15) is 5.82 Å². The second-order valence-corrected chi connectivity index (χ2v) is 11.5. The van der Waals surface area contributed by atoms with Gasteiger partial charge in [-0.25, -0.2) is 4.98 Å². The van der Waals surface area contributed by atoms with Crippen LogP contribution in [0.2, 0.25) is 0 Å². The first kappa shape index (κ1) is 25.1. The molecule has 0 unspecified atom stereocenters. The summed E-state index contributed by atoms with van der Waals surface area (Å²) in [5.41, 5.74) is 5.74. The van der Waals surface area contributed by atoms with Crippen molar-refractivity contribution in [2.75, 3.05) is 44.2 Å². The summed E-state index contributed by atoms with van der Waals surface area (Å²) in [6.07, 6.45) is 2.01. The Balaban J connectivity index is 1.15. The van der Waals surface area contributed by atoms with Crippen LogP contribution in [0.5, 0.6) is 0 Å². The fourth-order valence-electron chi connectivity index (χ4n) is 5.95. The Morgan fingerprint density at radius 3 is 2.53 bits per heavy atom. The predicted molar refractivity (Wildman–Crippen MR) is 157 cm³/mol. The van der Waals surface area contributed by atoms with E-state index in [1.807, 2.05) is 12.1 Å². The highest BCUT2D eigenvalue weighted by molar-refractivity contribution is 9.10. The van der Waals surface area contributed by atoms with Crippen LogP contribution in [0.15, 0.2) is 77.3 Å². The summed E-state index contributed by atoms with van der Waals surface area (Å²) in [7, 11) is 0. The monoisotopic (exact) mass is 571 g/mol. The number of rotatable bonds is 5. The van der Waals surface area contributed by atoms with Crippen LogP contribution < -0.4 is 4.90 Å². The number of halogens is 1. The Hall–Kier alpha value is -3.16. The van der Waals surface area contributed by atoms with E-state index in [9.17, 15) is 4.79 Å². The van der Waals surface area contributed by atoms with E-state index in [4.69, 9.17) is 4.98 Å². The molecule has 3 aromatic carbocycles. The van der Waals surface area contributed by atoms with Crippen LogP contribution in [0, 0.1) is 12.8 Å². The van der Waals surface area contributed by atoms with Gasteiger partial charge in [0, 0.05) is 48.6 Å². The quantitative estimate of drug-likeness (QED) is 0.310. The van der Waals surface area contributed by atoms with Gasteiger partial charge in [-0.05, 0) is 74.3 Å². The molecule has 0 spiro atoms. The first-order valence-corrected chi connectivity index (χ1v) is 14.4. The number of para-hydroxylation sites is 2. The number of benzene rings is 3. The number of amides is 1. The lowest BCUT2D eigenvalue weighted by Gasteiger charge is -2.39. The lowest BCUT2D eigenvalue weighted by atomic mass is 9.96. The van der Waals surface area contributed by atoms with Gasteiger partial charge in [0.25, 0.3) is 0 Å². The Morgan fingerprint density at radius 1 is 0.921 bits per heavy atom. The molecule has 2 aliphatic heterocycles. The largest absolute Gasteiger partial charge is 0.368 e. The first-order chi connectivity index (χ1) is 18.5. The van der Waals surface area contributed by atoms with Gasteiger partial charge in [-0.1, -0.05) is 46.3 Å². The molecule has 3 heterocycles. The minimum absolute atomic E-state index is 0.0537. The number of piperazine rings is 1. The van der Waals surface area contributed by atoms with Gasteiger partial charge in [0.05, 0.1) is 23.5 Å². The van der Waals surface area contributed by atoms with Crippen LogP contribution in [0.25, 0.3) is 16.7 Å². The Labute approximate surface area is 233 Å². The number of fused-ring (bicyclic) bond motifs is 1. The normalized spacial score (nSPS) is 18.7. The summed E-state index contributed by atoms with van der Waals surface area (Å²) < 4.78 is 3.31. The van der Waals surface area contributed by atoms with E-state index in [-0.39, 0.29) is 5.92 Å². The Morgan fingerprint density at radius 2 is 1.71 bits per heavy atom. The number of likely N-dealkylation sites (tertiary alicyclic amines) is 1. The highest BCUT2D eigenvalue weighted by Gasteiger charge is 2.31. The van der Waals surface area contributed by atoms with Gasteiger partial charge in [-0.2, -0.15) is 0 Å². The van der Waals surface area contributed by atoms with Crippen LogP contribution >= 0.6 is 15.9 Å². The lowest BCUT2D eigenvalue weighted by Crippen LogP contribution is -2.52. The summed E-state index contributed by atoms with van der Waals surface area (Å²) >= 11 is 3.63. The van der Waals surface area contributed by atoms with Crippen LogP contribution in [0.3, 0.4) is 0 Å². The van der Waals surface area contributed by atoms with Crippen LogP contribution in [-0.2, 0) is 11.3 Å². The van der Waals surface area contributed by atoms with Crippen molar-refractivity contribution in [1.82, 2.24) is 19.4 Å². The summed E-state index contributed by atoms with van der Waals surface area (Å²) in [5.74, 6) is 1.39. The maximum absolute atomic E-state index is 13.6. The van der Waals surface area contributed by atoms with Gasteiger partial charge in [0.15, 0.2) is 0 Å². The third-order valence-corrected chi connectivity index (χ3v) is 8.37. The van der Waals surface area contributed by atoms with Gasteiger partial charge >= 0.3 is 0 Å². The molecule has 7 heteroatoms. The molecule has 196 valence electrons. The number of aromatic nitrogens is 2. The van der Waals surface area contributed by atoms with Crippen LogP contribution in [0.4, 0.5) is 5.69 Å². The van der Waals surface area contributed by atoms with Gasteiger partial charge in [-0.15, -0.1) is 0 Å². The lowest BCUT2D eigenvalue weighted by molar-refractivity contribution is -0.137. The Kier molecular flexibility index (Phi) is 7.22. The number of imidazole rings is 1. The van der Waals surface area contributed by atoms with Crippen molar-refractivity contribution in [3.63, 3.8) is 0 Å². The highest BCUT2D eigenvalue weighted by Crippen LogP contribution is 2.27. The number of hydrogen-bond donors (Lipinski definition) is 0. The number of anilines is 1. The van der Waals surface area contributed by atoms with Gasteiger partial charge in [-0.3, -0.25) is 14.3 Å². The molecule has 2 fully saturated rings. The fourth-order valence-corrected chi connectivity index (χ4v) is 6.34. The zero-order valence-electron chi connectivity index (χ0n) is 21.9.